The van der Waals surface area contributed by atoms with Crippen molar-refractivity contribution in [2.24, 2.45) is 5.73 Å². The number of para-hydroxylation sites is 1. The molecule has 0 saturated carbocycles. The molecule has 5 N–H and O–H groups in total. The average Bonchev–Trinajstić information content (AvgIpc) is 2.87. The van der Waals surface area contributed by atoms with Crippen LogP contribution in [0.1, 0.15) is 27.9 Å². The highest BCUT2D eigenvalue weighted by Crippen LogP contribution is 2.22. The molecule has 1 unspecified atom stereocenters. The van der Waals surface area contributed by atoms with Gasteiger partial charge in [-0.25, -0.2) is 4.79 Å². The number of nitrogen functional groups attached to an aromatic ring is 1. The first-order valence-corrected chi connectivity index (χ1v) is 10.7. The van der Waals surface area contributed by atoms with Crippen LogP contribution in [0.15, 0.2) is 78.9 Å². The number of hydrogen-bond donors (Lipinski definition) is 4. The average molecular weight is 512 g/mol. The van der Waals surface area contributed by atoms with Crippen LogP contribution in [0.4, 0.5) is 0 Å². The molecule has 1 atom stereocenters. The molecule has 3 aromatic carbocycles. The number of carbonyl (C=O) groups is 3. The Morgan fingerprint density at radius 3 is 2.03 bits per heavy atom. The van der Waals surface area contributed by atoms with Gasteiger partial charge in [-0.05, 0) is 48.4 Å². The Balaban J connectivity index is 0.00000456. The third kappa shape index (κ3) is 6.61. The predicted octanol–water partition coefficient (Wildman–Crippen LogP) is 3.19. The van der Waals surface area contributed by atoms with Gasteiger partial charge in [-0.1, -0.05) is 42.5 Å². The summed E-state index contributed by atoms with van der Waals surface area (Å²) in [5.74, 6) is -2.77. The van der Waals surface area contributed by atoms with E-state index in [2.05, 4.69) is 5.32 Å². The first-order valence-electron chi connectivity index (χ1n) is 10.7. The van der Waals surface area contributed by atoms with Gasteiger partial charge in [0.2, 0.25) is 5.78 Å². The molecule has 0 fully saturated rings. The summed E-state index contributed by atoms with van der Waals surface area (Å²) in [5, 5.41) is 19.9. The summed E-state index contributed by atoms with van der Waals surface area (Å²) in [7, 11) is 1.54. The molecule has 36 heavy (non-hydrogen) atoms. The van der Waals surface area contributed by atoms with Gasteiger partial charge in [0, 0.05) is 17.5 Å². The molecule has 3 aromatic rings. The number of aryl methyl sites for hydroxylation is 1. The SMILES string of the molecule is COc1ccc(CCC(=O)C(NC(=O)c2ccc(C(=N)N)cc2)(Oc2ccccc2)C(=O)O)cc1.Cl. The summed E-state index contributed by atoms with van der Waals surface area (Å²) in [4.78, 5) is 38.8. The Bertz CT molecular complexity index is 1220. The lowest BCUT2D eigenvalue weighted by Gasteiger charge is -2.30. The molecule has 1 amide bonds. The third-order valence-electron chi connectivity index (χ3n) is 5.26. The Morgan fingerprint density at radius 1 is 0.917 bits per heavy atom. The second-order valence-corrected chi connectivity index (χ2v) is 7.62. The minimum Gasteiger partial charge on any atom is -0.497 e. The highest BCUT2D eigenvalue weighted by atomic mass is 35.5. The maximum absolute atomic E-state index is 13.3. The number of Topliss-reactive ketones (excluding diaryl/α,β-unsaturated/α-hetero) is 1. The van der Waals surface area contributed by atoms with E-state index in [0.717, 1.165) is 5.56 Å². The fraction of sp³-hybridized carbons (Fsp3) is 0.154. The number of amidine groups is 1. The largest absolute Gasteiger partial charge is 0.497 e. The molecule has 10 heteroatoms. The Morgan fingerprint density at radius 2 is 1.50 bits per heavy atom. The molecule has 0 radical (unpaired) electrons. The molecule has 9 nitrogen and oxygen atoms in total. The molecule has 0 spiro atoms. The van der Waals surface area contributed by atoms with Crippen molar-refractivity contribution in [1.29, 1.82) is 5.41 Å². The number of halogens is 1. The normalized spacial score (nSPS) is 11.8. The van der Waals surface area contributed by atoms with Gasteiger partial charge < -0.3 is 20.3 Å². The van der Waals surface area contributed by atoms with Crippen molar-refractivity contribution in [2.45, 2.75) is 18.6 Å². The second-order valence-electron chi connectivity index (χ2n) is 7.62. The van der Waals surface area contributed by atoms with E-state index < -0.39 is 23.4 Å². The summed E-state index contributed by atoms with van der Waals surface area (Å²) < 4.78 is 10.8. The van der Waals surface area contributed by atoms with Gasteiger partial charge in [-0.3, -0.25) is 20.3 Å². The highest BCUT2D eigenvalue weighted by molar-refractivity contribution is 6.11. The number of carboxylic acid groups (broad SMARTS) is 1. The molecule has 188 valence electrons. The molecule has 0 heterocycles. The Hall–Kier alpha value is -4.37. The van der Waals surface area contributed by atoms with Crippen molar-refractivity contribution in [3.05, 3.63) is 95.6 Å². The Labute approximate surface area is 214 Å². The molecule has 0 saturated heterocycles. The van der Waals surface area contributed by atoms with Crippen LogP contribution in [0.25, 0.3) is 0 Å². The number of nitrogens with one attached hydrogen (secondary N) is 2. The van der Waals surface area contributed by atoms with E-state index in [1.165, 1.54) is 43.5 Å². The number of rotatable bonds is 11. The van der Waals surface area contributed by atoms with Crippen LogP contribution in [0, 0.1) is 5.41 Å². The van der Waals surface area contributed by atoms with Gasteiger partial charge in [0.25, 0.3) is 5.91 Å². The van der Waals surface area contributed by atoms with E-state index in [1.54, 1.807) is 42.5 Å². The van der Waals surface area contributed by atoms with Crippen LogP contribution >= 0.6 is 12.4 Å². The van der Waals surface area contributed by atoms with Gasteiger partial charge >= 0.3 is 11.7 Å². The fourth-order valence-electron chi connectivity index (χ4n) is 3.29. The zero-order valence-electron chi connectivity index (χ0n) is 19.4. The summed E-state index contributed by atoms with van der Waals surface area (Å²) in [5.41, 5.74) is 4.02. The van der Waals surface area contributed by atoms with E-state index >= 15 is 0 Å². The smallest absolute Gasteiger partial charge is 0.378 e. The number of amides is 1. The van der Waals surface area contributed by atoms with Gasteiger partial charge in [0.05, 0.1) is 7.11 Å². The van der Waals surface area contributed by atoms with E-state index in [-0.39, 0.29) is 42.4 Å². The number of carboxylic acids is 1. The van der Waals surface area contributed by atoms with Crippen LogP contribution in [-0.2, 0) is 16.0 Å². The monoisotopic (exact) mass is 511 g/mol. The van der Waals surface area contributed by atoms with Crippen LogP contribution < -0.4 is 20.5 Å². The molecular weight excluding hydrogens is 486 g/mol. The maximum Gasteiger partial charge on any atom is 0.378 e. The van der Waals surface area contributed by atoms with Crippen LogP contribution in [0.3, 0.4) is 0 Å². The topological polar surface area (TPSA) is 152 Å². The van der Waals surface area contributed by atoms with Crippen molar-refractivity contribution >= 4 is 35.9 Å². The second kappa shape index (κ2) is 12.4. The van der Waals surface area contributed by atoms with Crippen molar-refractivity contribution in [3.63, 3.8) is 0 Å². The van der Waals surface area contributed by atoms with Crippen molar-refractivity contribution in [2.75, 3.05) is 7.11 Å². The number of aliphatic carboxylic acids is 1. The number of carbonyl (C=O) groups excluding carboxylic acids is 2. The van der Waals surface area contributed by atoms with Crippen molar-refractivity contribution in [1.82, 2.24) is 5.32 Å². The number of methoxy groups -OCH3 is 1. The zero-order chi connectivity index (χ0) is 25.4. The van der Waals surface area contributed by atoms with Gasteiger partial charge in [-0.2, -0.15) is 0 Å². The zero-order valence-corrected chi connectivity index (χ0v) is 20.2. The van der Waals surface area contributed by atoms with Crippen LogP contribution in [0.2, 0.25) is 0 Å². The van der Waals surface area contributed by atoms with Gasteiger partial charge in [0.15, 0.2) is 0 Å². The molecule has 0 aliphatic carbocycles. The number of ether oxygens (including phenoxy) is 2. The van der Waals surface area contributed by atoms with Crippen molar-refractivity contribution in [3.8, 4) is 11.5 Å². The molecule has 0 aliphatic heterocycles. The summed E-state index contributed by atoms with van der Waals surface area (Å²) in [6.07, 6.45) is 0.00814. The summed E-state index contributed by atoms with van der Waals surface area (Å²) >= 11 is 0. The number of ketones is 1. The lowest BCUT2D eigenvalue weighted by Crippen LogP contribution is -2.64. The van der Waals surface area contributed by atoms with Gasteiger partial charge in [-0.15, -0.1) is 12.4 Å². The molecule has 0 bridgehead atoms. The number of nitrogens with two attached hydrogens (primary N) is 1. The lowest BCUT2D eigenvalue weighted by molar-refractivity contribution is -0.164. The maximum atomic E-state index is 13.3. The molecular formula is C26H26ClN3O6. The minimum absolute atomic E-state index is 0. The van der Waals surface area contributed by atoms with E-state index in [9.17, 15) is 19.5 Å². The first-order chi connectivity index (χ1) is 16.7. The standard InChI is InChI=1S/C26H25N3O6.ClH/c1-34-20-14-7-17(8-15-20)9-16-22(30)26(25(32)33,35-21-5-3-2-4-6-21)29-24(31)19-12-10-18(11-13-19)23(27)28;/h2-8,10-15H,9,16H2,1H3,(H3,27,28)(H,29,31)(H,32,33);1H. The van der Waals surface area contributed by atoms with Gasteiger partial charge in [0.1, 0.15) is 17.3 Å². The van der Waals surface area contributed by atoms with E-state index in [1.807, 2.05) is 0 Å². The first kappa shape index (κ1) is 27.9. The van der Waals surface area contributed by atoms with E-state index in [0.29, 0.717) is 11.3 Å². The summed E-state index contributed by atoms with van der Waals surface area (Å²) in [6, 6.07) is 20.6. The molecule has 0 aliphatic rings. The Kier molecular flexibility index (Phi) is 9.57. The minimum atomic E-state index is -2.66. The molecule has 3 rings (SSSR count). The number of benzene rings is 3. The van der Waals surface area contributed by atoms with Crippen LogP contribution in [0.5, 0.6) is 11.5 Å². The fourth-order valence-corrected chi connectivity index (χ4v) is 3.29. The molecule has 0 aromatic heterocycles. The predicted molar refractivity (Wildman–Crippen MR) is 136 cm³/mol. The highest BCUT2D eigenvalue weighted by Gasteiger charge is 2.50. The van der Waals surface area contributed by atoms with Crippen LogP contribution in [-0.4, -0.2) is 41.4 Å². The van der Waals surface area contributed by atoms with E-state index in [4.69, 9.17) is 20.6 Å². The summed E-state index contributed by atoms with van der Waals surface area (Å²) in [6.45, 7) is 0. The third-order valence-corrected chi connectivity index (χ3v) is 5.26. The van der Waals surface area contributed by atoms with Crippen molar-refractivity contribution < 1.29 is 29.0 Å². The quantitative estimate of drug-likeness (QED) is 0.133. The lowest BCUT2D eigenvalue weighted by atomic mass is 9.99. The number of hydrogen-bond acceptors (Lipinski definition) is 6.